The minimum absolute atomic E-state index is 0.146. The van der Waals surface area contributed by atoms with E-state index in [4.69, 9.17) is 46.4 Å². The van der Waals surface area contributed by atoms with Gasteiger partial charge in [0, 0.05) is 31.0 Å². The van der Waals surface area contributed by atoms with Crippen LogP contribution in [0.15, 0.2) is 54.9 Å². The van der Waals surface area contributed by atoms with Gasteiger partial charge in [0.05, 0.1) is 10.0 Å². The summed E-state index contributed by atoms with van der Waals surface area (Å²) in [6, 6.07) is 12.0. The molecule has 0 spiro atoms. The zero-order chi connectivity index (χ0) is 19.4. The van der Waals surface area contributed by atoms with Crippen molar-refractivity contribution in [3.05, 3.63) is 91.9 Å². The molecule has 138 valence electrons. The van der Waals surface area contributed by atoms with Gasteiger partial charge in [0.2, 0.25) is 0 Å². The summed E-state index contributed by atoms with van der Waals surface area (Å²) >= 11 is 24.3. The van der Waals surface area contributed by atoms with E-state index in [0.29, 0.717) is 22.2 Å². The van der Waals surface area contributed by atoms with E-state index >= 15 is 0 Å². The molecule has 0 saturated heterocycles. The second-order valence-corrected chi connectivity index (χ2v) is 7.30. The van der Waals surface area contributed by atoms with Crippen molar-refractivity contribution >= 4 is 52.3 Å². The smallest absolute Gasteiger partial charge is 0.254 e. The number of hydrogen-bond acceptors (Lipinski definition) is 3. The van der Waals surface area contributed by atoms with Crippen molar-refractivity contribution < 1.29 is 4.79 Å². The fourth-order valence-electron chi connectivity index (χ4n) is 2.56. The number of aromatic nitrogens is 2. The number of rotatable bonds is 5. The van der Waals surface area contributed by atoms with Gasteiger partial charge < -0.3 is 4.90 Å². The normalized spacial score (nSPS) is 10.7. The molecule has 0 radical (unpaired) electrons. The maximum Gasteiger partial charge on any atom is 0.254 e. The highest BCUT2D eigenvalue weighted by Crippen LogP contribution is 2.28. The van der Waals surface area contributed by atoms with E-state index in [2.05, 4.69) is 9.97 Å². The summed E-state index contributed by atoms with van der Waals surface area (Å²) in [4.78, 5) is 22.7. The van der Waals surface area contributed by atoms with Crippen LogP contribution < -0.4 is 0 Å². The summed E-state index contributed by atoms with van der Waals surface area (Å²) < 4.78 is 0. The lowest BCUT2D eigenvalue weighted by atomic mass is 10.1. The molecule has 3 rings (SSSR count). The van der Waals surface area contributed by atoms with Crippen LogP contribution in [0.5, 0.6) is 0 Å². The molecule has 27 heavy (non-hydrogen) atoms. The lowest BCUT2D eigenvalue weighted by Gasteiger charge is -2.24. The highest BCUT2D eigenvalue weighted by molar-refractivity contribution is 6.42. The molecule has 0 aliphatic carbocycles. The largest absolute Gasteiger partial charge is 0.330 e. The van der Waals surface area contributed by atoms with Gasteiger partial charge in [-0.15, -0.1) is 0 Å². The van der Waals surface area contributed by atoms with Gasteiger partial charge in [-0.2, -0.15) is 0 Å². The van der Waals surface area contributed by atoms with Gasteiger partial charge >= 0.3 is 0 Å². The lowest BCUT2D eigenvalue weighted by molar-refractivity contribution is 0.0730. The quantitative estimate of drug-likeness (QED) is 0.461. The Morgan fingerprint density at radius 1 is 0.963 bits per heavy atom. The Balaban J connectivity index is 1.96. The van der Waals surface area contributed by atoms with Gasteiger partial charge in [-0.05, 0) is 35.4 Å². The van der Waals surface area contributed by atoms with E-state index in [9.17, 15) is 4.79 Å². The zero-order valence-corrected chi connectivity index (χ0v) is 16.9. The molecule has 0 aliphatic rings. The Kier molecular flexibility index (Phi) is 6.55. The standard InChI is InChI=1S/C19H13Cl4N3O/c20-15-5-1-4-13(18(15)23)11-26(10-12-3-2-6-24-9-12)19(27)14-7-16(21)25-17(22)8-14/h1-9H,10-11H2. The van der Waals surface area contributed by atoms with E-state index in [1.54, 1.807) is 29.4 Å². The summed E-state index contributed by atoms with van der Waals surface area (Å²) in [5.41, 5.74) is 1.94. The minimum atomic E-state index is -0.263. The number of carbonyl (C=O) groups is 1. The molecule has 0 atom stereocenters. The number of carbonyl (C=O) groups excluding carboxylic acids is 1. The third-order valence-electron chi connectivity index (χ3n) is 3.79. The molecule has 8 heteroatoms. The van der Waals surface area contributed by atoms with E-state index in [1.807, 2.05) is 18.2 Å². The lowest BCUT2D eigenvalue weighted by Crippen LogP contribution is -2.30. The first-order valence-electron chi connectivity index (χ1n) is 7.88. The molecular formula is C19H13Cl4N3O. The summed E-state index contributed by atoms with van der Waals surface area (Å²) in [5.74, 6) is -0.263. The van der Waals surface area contributed by atoms with E-state index in [-0.39, 0.29) is 22.8 Å². The predicted molar refractivity (Wildman–Crippen MR) is 109 cm³/mol. The summed E-state index contributed by atoms with van der Waals surface area (Å²) in [6.45, 7) is 0.581. The van der Waals surface area contributed by atoms with Crippen LogP contribution in [0.4, 0.5) is 0 Å². The molecule has 4 nitrogen and oxygen atoms in total. The highest BCUT2D eigenvalue weighted by Gasteiger charge is 2.20. The fraction of sp³-hybridized carbons (Fsp3) is 0.105. The zero-order valence-electron chi connectivity index (χ0n) is 13.9. The van der Waals surface area contributed by atoms with Gasteiger partial charge in [-0.25, -0.2) is 4.98 Å². The van der Waals surface area contributed by atoms with Gasteiger partial charge in [0.25, 0.3) is 5.91 Å². The van der Waals surface area contributed by atoms with Gasteiger partial charge in [0.15, 0.2) is 0 Å². The van der Waals surface area contributed by atoms with Crippen molar-refractivity contribution in [3.8, 4) is 0 Å². The first-order valence-corrected chi connectivity index (χ1v) is 9.39. The molecule has 2 aromatic heterocycles. The molecular weight excluding hydrogens is 428 g/mol. The maximum absolute atomic E-state index is 13.1. The minimum Gasteiger partial charge on any atom is -0.330 e. The second kappa shape index (κ2) is 8.89. The highest BCUT2D eigenvalue weighted by atomic mass is 35.5. The fourth-order valence-corrected chi connectivity index (χ4v) is 3.40. The number of pyridine rings is 2. The summed E-state index contributed by atoms with van der Waals surface area (Å²) in [7, 11) is 0. The maximum atomic E-state index is 13.1. The third-order valence-corrected chi connectivity index (χ3v) is 5.03. The summed E-state index contributed by atoms with van der Waals surface area (Å²) in [5, 5.41) is 1.13. The Morgan fingerprint density at radius 3 is 2.37 bits per heavy atom. The average Bonchev–Trinajstić information content (AvgIpc) is 2.64. The molecule has 0 fully saturated rings. The molecule has 0 saturated carbocycles. The number of benzene rings is 1. The molecule has 0 bridgehead atoms. The van der Waals surface area contributed by atoms with Crippen molar-refractivity contribution in [1.82, 2.24) is 14.9 Å². The molecule has 0 N–H and O–H groups in total. The number of halogens is 4. The first-order chi connectivity index (χ1) is 12.9. The number of hydrogen-bond donors (Lipinski definition) is 0. The Labute approximate surface area is 176 Å². The number of nitrogens with zero attached hydrogens (tertiary/aromatic N) is 3. The van der Waals surface area contributed by atoms with Crippen LogP contribution in [0.3, 0.4) is 0 Å². The van der Waals surface area contributed by atoms with Crippen molar-refractivity contribution in [2.45, 2.75) is 13.1 Å². The van der Waals surface area contributed by atoms with Crippen molar-refractivity contribution in [3.63, 3.8) is 0 Å². The van der Waals surface area contributed by atoms with Crippen LogP contribution in [-0.4, -0.2) is 20.8 Å². The third kappa shape index (κ3) is 5.11. The van der Waals surface area contributed by atoms with Crippen LogP contribution in [0.2, 0.25) is 20.4 Å². The van der Waals surface area contributed by atoms with Crippen LogP contribution >= 0.6 is 46.4 Å². The Bertz CT molecular complexity index is 946. The van der Waals surface area contributed by atoms with E-state index in [1.165, 1.54) is 12.1 Å². The molecule has 2 heterocycles. The molecule has 0 aliphatic heterocycles. The van der Waals surface area contributed by atoms with Crippen molar-refractivity contribution in [1.29, 1.82) is 0 Å². The Hall–Kier alpha value is -1.85. The van der Waals surface area contributed by atoms with Crippen LogP contribution in [0.25, 0.3) is 0 Å². The monoisotopic (exact) mass is 439 g/mol. The second-order valence-electron chi connectivity index (χ2n) is 5.74. The van der Waals surface area contributed by atoms with Crippen LogP contribution in [-0.2, 0) is 13.1 Å². The van der Waals surface area contributed by atoms with Gasteiger partial charge in [-0.3, -0.25) is 9.78 Å². The van der Waals surface area contributed by atoms with E-state index < -0.39 is 0 Å². The molecule has 1 amide bonds. The van der Waals surface area contributed by atoms with Crippen LogP contribution in [0, 0.1) is 0 Å². The molecule has 1 aromatic carbocycles. The topological polar surface area (TPSA) is 46.1 Å². The van der Waals surface area contributed by atoms with Crippen molar-refractivity contribution in [2.24, 2.45) is 0 Å². The van der Waals surface area contributed by atoms with Crippen molar-refractivity contribution in [2.75, 3.05) is 0 Å². The van der Waals surface area contributed by atoms with E-state index in [0.717, 1.165) is 11.1 Å². The summed E-state index contributed by atoms with van der Waals surface area (Å²) in [6.07, 6.45) is 3.37. The first kappa shape index (κ1) is 19.9. The molecule has 0 unspecified atom stereocenters. The van der Waals surface area contributed by atoms with Gasteiger partial charge in [-0.1, -0.05) is 64.6 Å². The SMILES string of the molecule is O=C(c1cc(Cl)nc(Cl)c1)N(Cc1cccnc1)Cc1cccc(Cl)c1Cl. The Morgan fingerprint density at radius 2 is 1.70 bits per heavy atom. The molecule has 3 aromatic rings. The predicted octanol–water partition coefficient (Wildman–Crippen LogP) is 5.93. The average molecular weight is 441 g/mol. The number of amides is 1. The van der Waals surface area contributed by atoms with Crippen LogP contribution in [0.1, 0.15) is 21.5 Å². The van der Waals surface area contributed by atoms with Gasteiger partial charge in [0.1, 0.15) is 10.3 Å².